The highest BCUT2D eigenvalue weighted by atomic mass is 79.9. The van der Waals surface area contributed by atoms with Crippen molar-refractivity contribution < 1.29 is 13.9 Å². The van der Waals surface area contributed by atoms with Crippen LogP contribution in [0.4, 0.5) is 4.39 Å². The van der Waals surface area contributed by atoms with E-state index in [2.05, 4.69) is 20.7 Å². The molecule has 0 radical (unpaired) electrons. The highest BCUT2D eigenvalue weighted by Gasteiger charge is 2.21. The minimum atomic E-state index is -0.995. The van der Waals surface area contributed by atoms with Crippen molar-refractivity contribution >= 4 is 33.5 Å². The molecule has 14 heavy (non-hydrogen) atoms. The summed E-state index contributed by atoms with van der Waals surface area (Å²) in [6.45, 7) is 0. The zero-order valence-electron chi connectivity index (χ0n) is 7.26. The molecule has 0 aliphatic heterocycles. The Morgan fingerprint density at radius 2 is 2.29 bits per heavy atom. The molecule has 0 N–H and O–H groups in total. The molecule has 1 aromatic carbocycles. The molecule has 0 amide bonds. The van der Waals surface area contributed by atoms with Crippen molar-refractivity contribution in [2.75, 3.05) is 7.11 Å². The first kappa shape index (κ1) is 11.5. The SMILES string of the molecule is COC(=O)C(Cl)c1cc(F)ccc1Br. The lowest BCUT2D eigenvalue weighted by molar-refractivity contribution is -0.140. The summed E-state index contributed by atoms with van der Waals surface area (Å²) < 4.78 is 17.9. The van der Waals surface area contributed by atoms with Crippen LogP contribution in [-0.4, -0.2) is 13.1 Å². The third-order valence-corrected chi connectivity index (χ3v) is 2.77. The van der Waals surface area contributed by atoms with Crippen molar-refractivity contribution in [2.24, 2.45) is 0 Å². The quantitative estimate of drug-likeness (QED) is 0.615. The van der Waals surface area contributed by atoms with Gasteiger partial charge in [-0.15, -0.1) is 11.6 Å². The van der Waals surface area contributed by atoms with Crippen molar-refractivity contribution in [3.8, 4) is 0 Å². The number of benzene rings is 1. The lowest BCUT2D eigenvalue weighted by Crippen LogP contribution is -2.09. The zero-order chi connectivity index (χ0) is 10.7. The number of esters is 1. The fraction of sp³-hybridized carbons (Fsp3) is 0.222. The van der Waals surface area contributed by atoms with E-state index in [4.69, 9.17) is 11.6 Å². The number of halogens is 3. The number of rotatable bonds is 2. The molecule has 0 saturated heterocycles. The zero-order valence-corrected chi connectivity index (χ0v) is 9.60. The van der Waals surface area contributed by atoms with Crippen LogP contribution in [0.2, 0.25) is 0 Å². The van der Waals surface area contributed by atoms with E-state index in [0.717, 1.165) is 0 Å². The molecular weight excluding hydrogens is 274 g/mol. The van der Waals surface area contributed by atoms with Crippen molar-refractivity contribution in [1.29, 1.82) is 0 Å². The number of ether oxygens (including phenoxy) is 1. The van der Waals surface area contributed by atoms with E-state index in [9.17, 15) is 9.18 Å². The Balaban J connectivity index is 3.05. The molecule has 0 bridgehead atoms. The normalized spacial score (nSPS) is 12.3. The monoisotopic (exact) mass is 280 g/mol. The van der Waals surface area contributed by atoms with Gasteiger partial charge >= 0.3 is 5.97 Å². The van der Waals surface area contributed by atoms with Gasteiger partial charge in [0.2, 0.25) is 0 Å². The minimum Gasteiger partial charge on any atom is -0.468 e. The fourth-order valence-electron chi connectivity index (χ4n) is 0.939. The summed E-state index contributed by atoms with van der Waals surface area (Å²) >= 11 is 8.93. The first-order valence-corrected chi connectivity index (χ1v) is 4.96. The topological polar surface area (TPSA) is 26.3 Å². The van der Waals surface area contributed by atoms with Crippen molar-refractivity contribution in [1.82, 2.24) is 0 Å². The van der Waals surface area contributed by atoms with Gasteiger partial charge in [0.15, 0.2) is 5.38 Å². The average molecular weight is 282 g/mol. The summed E-state index contributed by atoms with van der Waals surface area (Å²) in [6, 6.07) is 3.95. The molecule has 0 aliphatic carbocycles. The van der Waals surface area contributed by atoms with Crippen LogP contribution >= 0.6 is 27.5 Å². The van der Waals surface area contributed by atoms with Gasteiger partial charge in [-0.25, -0.2) is 4.39 Å². The van der Waals surface area contributed by atoms with Crippen molar-refractivity contribution in [3.63, 3.8) is 0 Å². The summed E-state index contributed by atoms with van der Waals surface area (Å²) in [4.78, 5) is 11.1. The highest BCUT2D eigenvalue weighted by molar-refractivity contribution is 9.10. The second kappa shape index (κ2) is 4.75. The van der Waals surface area contributed by atoms with E-state index < -0.39 is 17.2 Å². The summed E-state index contributed by atoms with van der Waals surface area (Å²) in [7, 11) is 1.23. The van der Waals surface area contributed by atoms with Gasteiger partial charge in [-0.2, -0.15) is 0 Å². The molecule has 0 spiro atoms. The molecule has 76 valence electrons. The first-order chi connectivity index (χ1) is 6.56. The Morgan fingerprint density at radius 1 is 1.64 bits per heavy atom. The molecule has 1 atom stereocenters. The molecule has 0 fully saturated rings. The van der Waals surface area contributed by atoms with Crippen LogP contribution in [0.1, 0.15) is 10.9 Å². The number of methoxy groups -OCH3 is 1. The van der Waals surface area contributed by atoms with Gasteiger partial charge in [-0.3, -0.25) is 4.79 Å². The fourth-order valence-corrected chi connectivity index (χ4v) is 1.82. The van der Waals surface area contributed by atoms with Gasteiger partial charge in [-0.1, -0.05) is 15.9 Å². The van der Waals surface area contributed by atoms with Gasteiger partial charge in [0.05, 0.1) is 7.11 Å². The predicted octanol–water partition coefficient (Wildman–Crippen LogP) is 3.04. The Bertz CT molecular complexity index is 357. The Hall–Kier alpha value is -0.610. The third-order valence-electron chi connectivity index (χ3n) is 1.64. The largest absolute Gasteiger partial charge is 0.468 e. The van der Waals surface area contributed by atoms with Gasteiger partial charge < -0.3 is 4.74 Å². The number of carbonyl (C=O) groups is 1. The average Bonchev–Trinajstić information content (AvgIpc) is 2.19. The van der Waals surface area contributed by atoms with E-state index in [1.54, 1.807) is 0 Å². The molecule has 1 rings (SSSR count). The van der Waals surface area contributed by atoms with Gasteiger partial charge in [0, 0.05) is 4.47 Å². The maximum Gasteiger partial charge on any atom is 0.328 e. The van der Waals surface area contributed by atoms with E-state index in [0.29, 0.717) is 10.0 Å². The maximum absolute atomic E-state index is 12.8. The summed E-state index contributed by atoms with van der Waals surface area (Å²) in [5, 5.41) is -0.995. The molecule has 1 aromatic rings. The summed E-state index contributed by atoms with van der Waals surface area (Å²) in [5.74, 6) is -1.06. The van der Waals surface area contributed by atoms with Crippen LogP contribution in [-0.2, 0) is 9.53 Å². The lowest BCUT2D eigenvalue weighted by Gasteiger charge is -2.09. The number of hydrogen-bond donors (Lipinski definition) is 0. The molecular formula is C9H7BrClFO2. The summed E-state index contributed by atoms with van der Waals surface area (Å²) in [6.07, 6.45) is 0. The van der Waals surface area contributed by atoms with Gasteiger partial charge in [-0.05, 0) is 23.8 Å². The number of alkyl halides is 1. The molecule has 5 heteroatoms. The molecule has 1 unspecified atom stereocenters. The number of hydrogen-bond acceptors (Lipinski definition) is 2. The lowest BCUT2D eigenvalue weighted by atomic mass is 10.1. The number of carbonyl (C=O) groups excluding carboxylic acids is 1. The van der Waals surface area contributed by atoms with Crippen LogP contribution in [0.15, 0.2) is 22.7 Å². The first-order valence-electron chi connectivity index (χ1n) is 3.73. The van der Waals surface area contributed by atoms with E-state index in [-0.39, 0.29) is 0 Å². The van der Waals surface area contributed by atoms with E-state index >= 15 is 0 Å². The van der Waals surface area contributed by atoms with E-state index in [1.165, 1.54) is 25.3 Å². The molecule has 0 heterocycles. The van der Waals surface area contributed by atoms with Gasteiger partial charge in [0.1, 0.15) is 5.82 Å². The molecule has 0 saturated carbocycles. The van der Waals surface area contributed by atoms with Crippen molar-refractivity contribution in [3.05, 3.63) is 34.1 Å². The van der Waals surface area contributed by atoms with Crippen molar-refractivity contribution in [2.45, 2.75) is 5.38 Å². The Kier molecular flexibility index (Phi) is 3.89. The second-order valence-electron chi connectivity index (χ2n) is 2.55. The van der Waals surface area contributed by atoms with Crippen LogP contribution < -0.4 is 0 Å². The standard InChI is InChI=1S/C9H7BrClFO2/c1-14-9(13)8(11)6-4-5(12)2-3-7(6)10/h2-4,8H,1H3. The van der Waals surface area contributed by atoms with Crippen LogP contribution in [0.25, 0.3) is 0 Å². The van der Waals surface area contributed by atoms with Crippen LogP contribution in [0, 0.1) is 5.82 Å². The maximum atomic E-state index is 12.8. The van der Waals surface area contributed by atoms with Crippen LogP contribution in [0.5, 0.6) is 0 Å². The van der Waals surface area contributed by atoms with Crippen LogP contribution in [0.3, 0.4) is 0 Å². The van der Waals surface area contributed by atoms with Gasteiger partial charge in [0.25, 0.3) is 0 Å². The smallest absolute Gasteiger partial charge is 0.328 e. The highest BCUT2D eigenvalue weighted by Crippen LogP contribution is 2.29. The minimum absolute atomic E-state index is 0.360. The Morgan fingerprint density at radius 3 is 2.86 bits per heavy atom. The Labute approximate surface area is 94.1 Å². The summed E-state index contributed by atoms with van der Waals surface area (Å²) in [5.41, 5.74) is 0.360. The van der Waals surface area contributed by atoms with E-state index in [1.807, 2.05) is 0 Å². The second-order valence-corrected chi connectivity index (χ2v) is 3.84. The molecule has 0 aliphatic rings. The predicted molar refractivity (Wildman–Crippen MR) is 54.7 cm³/mol. The molecule has 2 nitrogen and oxygen atoms in total. The third kappa shape index (κ3) is 2.45. The molecule has 0 aromatic heterocycles.